The number of rotatable bonds is 4. The van der Waals surface area contributed by atoms with Crippen molar-refractivity contribution in [3.63, 3.8) is 0 Å². The normalized spacial score (nSPS) is 15.6. The monoisotopic (exact) mass is 237 g/mol. The van der Waals surface area contributed by atoms with Crippen LogP contribution < -0.4 is 5.32 Å². The van der Waals surface area contributed by atoms with E-state index in [0.717, 1.165) is 0 Å². The fourth-order valence-corrected chi connectivity index (χ4v) is 2.15. The average Bonchev–Trinajstić information content (AvgIpc) is 2.25. The van der Waals surface area contributed by atoms with Crippen molar-refractivity contribution in [2.75, 3.05) is 5.88 Å². The summed E-state index contributed by atoms with van der Waals surface area (Å²) in [6.45, 7) is 0.595. The molecule has 2 rings (SSSR count). The number of amides is 1. The summed E-state index contributed by atoms with van der Waals surface area (Å²) >= 11 is 5.45. The van der Waals surface area contributed by atoms with Crippen LogP contribution in [0.1, 0.15) is 36.3 Å². The molecule has 1 amide bonds. The Hall–Kier alpha value is -1.02. The lowest BCUT2D eigenvalue weighted by molar-refractivity contribution is -0.118. The summed E-state index contributed by atoms with van der Waals surface area (Å²) in [5.74, 6) is 0.625. The van der Waals surface area contributed by atoms with Gasteiger partial charge in [0.2, 0.25) is 5.91 Å². The van der Waals surface area contributed by atoms with E-state index in [9.17, 15) is 4.79 Å². The molecule has 1 N–H and O–H groups in total. The van der Waals surface area contributed by atoms with Gasteiger partial charge in [-0.1, -0.05) is 30.7 Å². The molecule has 0 unspecified atom stereocenters. The van der Waals surface area contributed by atoms with E-state index in [4.69, 9.17) is 11.6 Å². The molecule has 0 radical (unpaired) electrons. The molecule has 1 aliphatic rings. The molecule has 2 nitrogen and oxygen atoms in total. The van der Waals surface area contributed by atoms with Crippen molar-refractivity contribution in [3.05, 3.63) is 35.4 Å². The zero-order valence-corrected chi connectivity index (χ0v) is 9.96. The molecular weight excluding hydrogens is 222 g/mol. The SMILES string of the molecule is O=C(CCl)NCc1ccccc1C1CCC1. The second-order valence-corrected chi connectivity index (χ2v) is 4.50. The number of hydrogen-bond donors (Lipinski definition) is 1. The molecule has 1 fully saturated rings. The van der Waals surface area contributed by atoms with Gasteiger partial charge in [0.15, 0.2) is 0 Å². The average molecular weight is 238 g/mol. The highest BCUT2D eigenvalue weighted by Gasteiger charge is 2.21. The van der Waals surface area contributed by atoms with Gasteiger partial charge >= 0.3 is 0 Å². The van der Waals surface area contributed by atoms with E-state index in [1.54, 1.807) is 0 Å². The predicted octanol–water partition coefficient (Wildman–Crippen LogP) is 2.81. The highest BCUT2D eigenvalue weighted by atomic mass is 35.5. The van der Waals surface area contributed by atoms with E-state index in [0.29, 0.717) is 12.5 Å². The van der Waals surface area contributed by atoms with E-state index in [1.807, 2.05) is 6.07 Å². The largest absolute Gasteiger partial charge is 0.351 e. The van der Waals surface area contributed by atoms with Gasteiger partial charge in [-0.3, -0.25) is 4.79 Å². The Kier molecular flexibility index (Phi) is 3.83. The number of hydrogen-bond acceptors (Lipinski definition) is 1. The molecule has 3 heteroatoms. The van der Waals surface area contributed by atoms with Gasteiger partial charge < -0.3 is 5.32 Å². The molecule has 0 heterocycles. The second-order valence-electron chi connectivity index (χ2n) is 4.24. The number of alkyl halides is 1. The molecule has 0 spiro atoms. The second kappa shape index (κ2) is 5.35. The summed E-state index contributed by atoms with van der Waals surface area (Å²) in [6, 6.07) is 8.35. The maximum absolute atomic E-state index is 11.1. The number of halogens is 1. The molecule has 0 aliphatic heterocycles. The van der Waals surface area contributed by atoms with Gasteiger partial charge in [-0.2, -0.15) is 0 Å². The zero-order valence-electron chi connectivity index (χ0n) is 9.21. The lowest BCUT2D eigenvalue weighted by Crippen LogP contribution is -2.25. The predicted molar refractivity (Wildman–Crippen MR) is 65.6 cm³/mol. The third-order valence-corrected chi connectivity index (χ3v) is 3.44. The molecule has 0 saturated heterocycles. The molecule has 16 heavy (non-hydrogen) atoms. The third kappa shape index (κ3) is 2.56. The van der Waals surface area contributed by atoms with Crippen LogP contribution in [0.4, 0.5) is 0 Å². The van der Waals surface area contributed by atoms with Gasteiger partial charge in [-0.05, 0) is 29.9 Å². The Morgan fingerprint density at radius 3 is 2.75 bits per heavy atom. The van der Waals surface area contributed by atoms with Crippen molar-refractivity contribution in [1.82, 2.24) is 5.32 Å². The maximum atomic E-state index is 11.1. The minimum Gasteiger partial charge on any atom is -0.351 e. The van der Waals surface area contributed by atoms with E-state index in [2.05, 4.69) is 23.5 Å². The molecule has 1 saturated carbocycles. The fourth-order valence-electron chi connectivity index (χ4n) is 2.05. The first kappa shape index (κ1) is 11.5. The van der Waals surface area contributed by atoms with Crippen LogP contribution in [0.15, 0.2) is 24.3 Å². The van der Waals surface area contributed by atoms with E-state index in [-0.39, 0.29) is 11.8 Å². The van der Waals surface area contributed by atoms with Crippen LogP contribution in [0.25, 0.3) is 0 Å². The molecule has 1 aliphatic carbocycles. The number of carbonyl (C=O) groups is 1. The minimum atomic E-state index is -0.106. The molecule has 86 valence electrons. The van der Waals surface area contributed by atoms with E-state index in [1.165, 1.54) is 30.4 Å². The van der Waals surface area contributed by atoms with Crippen molar-refractivity contribution in [1.29, 1.82) is 0 Å². The Balaban J connectivity index is 2.04. The van der Waals surface area contributed by atoms with Crippen molar-refractivity contribution in [3.8, 4) is 0 Å². The van der Waals surface area contributed by atoms with Gasteiger partial charge in [-0.15, -0.1) is 11.6 Å². The summed E-state index contributed by atoms with van der Waals surface area (Å²) < 4.78 is 0. The lowest BCUT2D eigenvalue weighted by Gasteiger charge is -2.28. The number of benzene rings is 1. The van der Waals surface area contributed by atoms with Gasteiger partial charge in [0.1, 0.15) is 5.88 Å². The van der Waals surface area contributed by atoms with Crippen LogP contribution in [-0.4, -0.2) is 11.8 Å². The quantitative estimate of drug-likeness (QED) is 0.802. The van der Waals surface area contributed by atoms with Crippen molar-refractivity contribution >= 4 is 17.5 Å². The topological polar surface area (TPSA) is 29.1 Å². The standard InChI is InChI=1S/C13H16ClNO/c14-8-13(16)15-9-11-4-1-2-7-12(11)10-5-3-6-10/h1-2,4,7,10H,3,5-6,8-9H2,(H,15,16). The third-order valence-electron chi connectivity index (χ3n) is 3.20. The van der Waals surface area contributed by atoms with Crippen molar-refractivity contribution in [2.24, 2.45) is 0 Å². The Morgan fingerprint density at radius 2 is 2.12 bits per heavy atom. The fraction of sp³-hybridized carbons (Fsp3) is 0.462. The van der Waals surface area contributed by atoms with Gasteiger partial charge in [0.05, 0.1) is 0 Å². The number of carbonyl (C=O) groups excluding carboxylic acids is 1. The zero-order chi connectivity index (χ0) is 11.4. The smallest absolute Gasteiger partial charge is 0.235 e. The van der Waals surface area contributed by atoms with Crippen LogP contribution >= 0.6 is 11.6 Å². The van der Waals surface area contributed by atoms with Crippen LogP contribution in [0.5, 0.6) is 0 Å². The van der Waals surface area contributed by atoms with Gasteiger partial charge in [0, 0.05) is 6.54 Å². The summed E-state index contributed by atoms with van der Waals surface area (Å²) in [4.78, 5) is 11.1. The lowest BCUT2D eigenvalue weighted by atomic mass is 9.78. The first-order valence-electron chi connectivity index (χ1n) is 5.71. The summed E-state index contributed by atoms with van der Waals surface area (Å²) in [5.41, 5.74) is 2.62. The van der Waals surface area contributed by atoms with Crippen molar-refractivity contribution < 1.29 is 4.79 Å². The highest BCUT2D eigenvalue weighted by Crippen LogP contribution is 2.37. The van der Waals surface area contributed by atoms with Crippen LogP contribution in [-0.2, 0) is 11.3 Å². The van der Waals surface area contributed by atoms with Gasteiger partial charge in [-0.25, -0.2) is 0 Å². The summed E-state index contributed by atoms with van der Waals surface area (Å²) in [5, 5.41) is 2.82. The van der Waals surface area contributed by atoms with E-state index >= 15 is 0 Å². The molecule has 0 bridgehead atoms. The highest BCUT2D eigenvalue weighted by molar-refractivity contribution is 6.27. The number of nitrogens with one attached hydrogen (secondary N) is 1. The summed E-state index contributed by atoms with van der Waals surface area (Å²) in [6.07, 6.45) is 3.88. The Labute approximate surface area is 101 Å². The Morgan fingerprint density at radius 1 is 1.38 bits per heavy atom. The molecule has 1 aromatic rings. The Bertz CT molecular complexity index is 374. The van der Waals surface area contributed by atoms with Crippen LogP contribution in [0.2, 0.25) is 0 Å². The minimum absolute atomic E-state index is 0.0333. The molecule has 1 aromatic carbocycles. The first-order chi connectivity index (χ1) is 7.81. The maximum Gasteiger partial charge on any atom is 0.235 e. The molecule has 0 aromatic heterocycles. The van der Waals surface area contributed by atoms with Crippen LogP contribution in [0.3, 0.4) is 0 Å². The molecular formula is C13H16ClNO. The van der Waals surface area contributed by atoms with Crippen LogP contribution in [0, 0.1) is 0 Å². The molecule has 0 atom stereocenters. The first-order valence-corrected chi connectivity index (χ1v) is 6.25. The van der Waals surface area contributed by atoms with Gasteiger partial charge in [0.25, 0.3) is 0 Å². The summed E-state index contributed by atoms with van der Waals surface area (Å²) in [7, 11) is 0. The van der Waals surface area contributed by atoms with E-state index < -0.39 is 0 Å². The van der Waals surface area contributed by atoms with Crippen molar-refractivity contribution in [2.45, 2.75) is 31.7 Å².